The van der Waals surface area contributed by atoms with Gasteiger partial charge in [0.1, 0.15) is 5.84 Å². The molecule has 0 unspecified atom stereocenters. The Bertz CT molecular complexity index is 131. The number of alkyl halides is 1. The zero-order chi connectivity index (χ0) is 7.98. The van der Waals surface area contributed by atoms with Gasteiger partial charge in [-0.2, -0.15) is 5.10 Å². The predicted molar refractivity (Wildman–Crippen MR) is 45.2 cm³/mol. The molecule has 0 saturated heterocycles. The molecule has 0 aliphatic heterocycles. The van der Waals surface area contributed by atoms with E-state index < -0.39 is 0 Å². The summed E-state index contributed by atoms with van der Waals surface area (Å²) >= 11 is 5.55. The molecule has 58 valence electrons. The first-order valence-corrected chi connectivity index (χ1v) is 3.42. The highest BCUT2D eigenvalue weighted by Gasteiger charge is 1.96. The zero-order valence-electron chi connectivity index (χ0n) is 6.26. The van der Waals surface area contributed by atoms with Crippen LogP contribution in [0.1, 0.15) is 0 Å². The highest BCUT2D eigenvalue weighted by atomic mass is 35.5. The van der Waals surface area contributed by atoms with Gasteiger partial charge < -0.3 is 4.90 Å². The van der Waals surface area contributed by atoms with Crippen molar-refractivity contribution < 1.29 is 0 Å². The number of halogens is 1. The molecule has 10 heavy (non-hydrogen) atoms. The average Bonchev–Trinajstić information content (AvgIpc) is 1.89. The number of nitrogens with one attached hydrogen (secondary N) is 1. The molecule has 0 radical (unpaired) electrons. The van der Waals surface area contributed by atoms with Crippen LogP contribution in [-0.4, -0.2) is 30.7 Å². The average molecular weight is 162 g/mol. The van der Waals surface area contributed by atoms with Crippen molar-refractivity contribution >= 4 is 17.4 Å². The second-order valence-corrected chi connectivity index (χ2v) is 2.16. The van der Waals surface area contributed by atoms with E-state index in [0.717, 1.165) is 5.84 Å². The summed E-state index contributed by atoms with van der Waals surface area (Å²) in [5.41, 5.74) is 2.61. The molecular weight excluding hydrogens is 150 g/mol. The molecule has 1 N–H and O–H groups in total. The van der Waals surface area contributed by atoms with E-state index in [4.69, 9.17) is 11.6 Å². The van der Waals surface area contributed by atoms with Crippen molar-refractivity contribution in [2.24, 2.45) is 5.10 Å². The van der Waals surface area contributed by atoms with E-state index in [9.17, 15) is 0 Å². The van der Waals surface area contributed by atoms with Crippen LogP contribution in [0.2, 0.25) is 0 Å². The zero-order valence-corrected chi connectivity index (χ0v) is 7.02. The maximum atomic E-state index is 5.55. The second-order valence-electron chi connectivity index (χ2n) is 1.89. The summed E-state index contributed by atoms with van der Waals surface area (Å²) in [5, 5.41) is 3.90. The first kappa shape index (κ1) is 9.30. The number of rotatable bonds is 3. The topological polar surface area (TPSA) is 27.6 Å². The molecule has 0 bridgehead atoms. The Kier molecular flexibility index (Phi) is 4.76. The third-order valence-electron chi connectivity index (χ3n) is 0.921. The smallest absolute Gasteiger partial charge is 0.139 e. The molecule has 0 aromatic carbocycles. The van der Waals surface area contributed by atoms with Gasteiger partial charge in [-0.25, -0.2) is 0 Å². The van der Waals surface area contributed by atoms with Crippen LogP contribution in [0, 0.1) is 0 Å². The maximum Gasteiger partial charge on any atom is 0.139 e. The van der Waals surface area contributed by atoms with Crippen LogP contribution < -0.4 is 5.43 Å². The van der Waals surface area contributed by atoms with Gasteiger partial charge in [-0.05, 0) is 0 Å². The number of hydrogen-bond acceptors (Lipinski definition) is 2. The van der Waals surface area contributed by atoms with E-state index in [0.29, 0.717) is 5.88 Å². The largest absolute Gasteiger partial charge is 0.364 e. The van der Waals surface area contributed by atoms with Crippen LogP contribution in [0.25, 0.3) is 0 Å². The van der Waals surface area contributed by atoms with Crippen LogP contribution >= 0.6 is 11.6 Å². The molecule has 0 aromatic heterocycles. The molecule has 0 rings (SSSR count). The van der Waals surface area contributed by atoms with Crippen LogP contribution in [0.3, 0.4) is 0 Å². The van der Waals surface area contributed by atoms with E-state index in [-0.39, 0.29) is 0 Å². The van der Waals surface area contributed by atoms with E-state index in [1.807, 2.05) is 19.0 Å². The molecule has 0 heterocycles. The van der Waals surface area contributed by atoms with Crippen molar-refractivity contribution in [2.45, 2.75) is 0 Å². The monoisotopic (exact) mass is 161 g/mol. The number of hydrogen-bond donors (Lipinski definition) is 1. The highest BCUT2D eigenvalue weighted by Crippen LogP contribution is 1.85. The van der Waals surface area contributed by atoms with Crippen molar-refractivity contribution in [3.8, 4) is 0 Å². The van der Waals surface area contributed by atoms with Crippen molar-refractivity contribution in [2.75, 3.05) is 20.0 Å². The van der Waals surface area contributed by atoms with Gasteiger partial charge in [0.05, 0.1) is 5.88 Å². The predicted octanol–water partition coefficient (Wildman–Crippen LogP) is 0.833. The van der Waals surface area contributed by atoms with Gasteiger partial charge in [-0.1, -0.05) is 6.58 Å². The van der Waals surface area contributed by atoms with Gasteiger partial charge >= 0.3 is 0 Å². The Hall–Kier alpha value is -0.700. The fraction of sp³-hybridized carbons (Fsp3) is 0.500. The third kappa shape index (κ3) is 3.35. The molecule has 0 atom stereocenters. The van der Waals surface area contributed by atoms with Crippen LogP contribution in [0.15, 0.2) is 17.9 Å². The van der Waals surface area contributed by atoms with Crippen molar-refractivity contribution in [3.63, 3.8) is 0 Å². The molecule has 0 spiro atoms. The normalized spacial score (nSPS) is 10.9. The van der Waals surface area contributed by atoms with Gasteiger partial charge in [0.2, 0.25) is 0 Å². The summed E-state index contributed by atoms with van der Waals surface area (Å²) in [6, 6.07) is 0. The molecule has 0 aromatic rings. The van der Waals surface area contributed by atoms with Gasteiger partial charge in [0, 0.05) is 20.3 Å². The fourth-order valence-corrected chi connectivity index (χ4v) is 0.668. The Balaban J connectivity index is 3.90. The molecule has 3 nitrogen and oxygen atoms in total. The molecule has 0 aliphatic rings. The number of amidine groups is 1. The minimum Gasteiger partial charge on any atom is -0.364 e. The maximum absolute atomic E-state index is 5.55. The van der Waals surface area contributed by atoms with Crippen molar-refractivity contribution in [1.82, 2.24) is 10.3 Å². The summed E-state index contributed by atoms with van der Waals surface area (Å²) < 4.78 is 0. The summed E-state index contributed by atoms with van der Waals surface area (Å²) in [4.78, 5) is 1.84. The lowest BCUT2D eigenvalue weighted by Crippen LogP contribution is -2.25. The molecular formula is C6H12ClN3. The van der Waals surface area contributed by atoms with Gasteiger partial charge in [-0.15, -0.1) is 11.6 Å². The summed E-state index contributed by atoms with van der Waals surface area (Å²) in [5.74, 6) is 1.18. The van der Waals surface area contributed by atoms with Crippen molar-refractivity contribution in [1.29, 1.82) is 0 Å². The van der Waals surface area contributed by atoms with E-state index in [1.165, 1.54) is 6.20 Å². The summed E-state index contributed by atoms with van der Waals surface area (Å²) in [6.07, 6.45) is 1.50. The Morgan fingerprint density at radius 2 is 2.40 bits per heavy atom. The van der Waals surface area contributed by atoms with E-state index in [2.05, 4.69) is 17.1 Å². The molecule has 0 amide bonds. The lowest BCUT2D eigenvalue weighted by molar-refractivity contribution is 0.610. The molecule has 0 aliphatic carbocycles. The van der Waals surface area contributed by atoms with Gasteiger partial charge in [0.25, 0.3) is 0 Å². The highest BCUT2D eigenvalue weighted by molar-refractivity contribution is 6.28. The Morgan fingerprint density at radius 3 is 2.70 bits per heavy atom. The van der Waals surface area contributed by atoms with Crippen LogP contribution in [0.4, 0.5) is 0 Å². The number of hydrazone groups is 1. The SMILES string of the molecule is C=CN/N=C(/CCl)N(C)C. The first-order valence-electron chi connectivity index (χ1n) is 2.88. The standard InChI is InChI=1S/C6H12ClN3/c1-4-8-9-6(5-7)10(2)3/h4,8H,1,5H2,2-3H3/b9-6-. The Morgan fingerprint density at radius 1 is 1.80 bits per heavy atom. The third-order valence-corrected chi connectivity index (χ3v) is 1.16. The van der Waals surface area contributed by atoms with Crippen molar-refractivity contribution in [3.05, 3.63) is 12.8 Å². The van der Waals surface area contributed by atoms with E-state index in [1.54, 1.807) is 0 Å². The lowest BCUT2D eigenvalue weighted by Gasteiger charge is -2.11. The summed E-state index contributed by atoms with van der Waals surface area (Å²) in [6.45, 7) is 3.45. The minimum atomic E-state index is 0.397. The van der Waals surface area contributed by atoms with Crippen LogP contribution in [0.5, 0.6) is 0 Å². The minimum absolute atomic E-state index is 0.397. The molecule has 0 saturated carbocycles. The first-order chi connectivity index (χ1) is 4.72. The Labute approximate surface area is 66.4 Å². The van der Waals surface area contributed by atoms with Gasteiger partial charge in [-0.3, -0.25) is 5.43 Å². The fourth-order valence-electron chi connectivity index (χ4n) is 0.370. The van der Waals surface area contributed by atoms with Gasteiger partial charge in [0.15, 0.2) is 0 Å². The number of nitrogens with zero attached hydrogens (tertiary/aromatic N) is 2. The van der Waals surface area contributed by atoms with Crippen LogP contribution in [-0.2, 0) is 0 Å². The quantitative estimate of drug-likeness (QED) is 0.288. The van der Waals surface area contributed by atoms with E-state index >= 15 is 0 Å². The second kappa shape index (κ2) is 5.11. The molecule has 4 heteroatoms. The summed E-state index contributed by atoms with van der Waals surface area (Å²) in [7, 11) is 3.76. The lowest BCUT2D eigenvalue weighted by atomic mass is 10.6. The molecule has 0 fully saturated rings.